The van der Waals surface area contributed by atoms with Gasteiger partial charge in [0.2, 0.25) is 0 Å². The van der Waals surface area contributed by atoms with E-state index in [1.54, 1.807) is 0 Å². The molecule has 0 amide bonds. The lowest BCUT2D eigenvalue weighted by molar-refractivity contribution is 0.802. The highest BCUT2D eigenvalue weighted by molar-refractivity contribution is 6.30. The summed E-state index contributed by atoms with van der Waals surface area (Å²) in [6.45, 7) is 0. The third-order valence-corrected chi connectivity index (χ3v) is 20.4. The van der Waals surface area contributed by atoms with Crippen LogP contribution in [0, 0.1) is 0 Å². The van der Waals surface area contributed by atoms with Crippen LogP contribution in [-0.2, 0) is 5.41 Å². The number of para-hydroxylation sites is 6. The normalized spacial score (nSPS) is 14.6. The van der Waals surface area contributed by atoms with Crippen LogP contribution < -0.4 is 0 Å². The van der Waals surface area contributed by atoms with Gasteiger partial charge in [-0.25, -0.2) is 0 Å². The van der Waals surface area contributed by atoms with Crippen LogP contribution in [0.5, 0.6) is 0 Å². The Labute approximate surface area is 487 Å². The standard InChI is InChI=1S/C83H46N2/c1-3-24-53-47(20-1)48-21-2-4-25-56(48)78-77(53)66-27-6-10-42-71(66)83(78)70-41-9-5-26-65(70)76-67(40-19-43-72(76)83)75-54-30-13-28-49(57-32-15-36-61-63-38-17-34-59-51-22-7-11-44-73(51)84(79(57)61)81(59)63)68(54)46-69-50(29-14-31-55(69)75)58-33-16-37-62-64-39-18-35-60-52-23-8-12-45-74(52)85(80(58)62)82(60)64/h1-46H. The van der Waals surface area contributed by atoms with E-state index < -0.39 is 5.41 Å². The Kier molecular flexibility index (Phi) is 8.25. The van der Waals surface area contributed by atoms with E-state index in [0.29, 0.717) is 0 Å². The number of aromatic nitrogens is 2. The second-order valence-electron chi connectivity index (χ2n) is 24.0. The second kappa shape index (κ2) is 15.7. The van der Waals surface area contributed by atoms with Crippen LogP contribution in [0.2, 0.25) is 0 Å². The van der Waals surface area contributed by atoms with Crippen molar-refractivity contribution >= 4 is 119 Å². The molecule has 1 atom stereocenters. The van der Waals surface area contributed by atoms with Crippen molar-refractivity contribution in [2.24, 2.45) is 0 Å². The maximum atomic E-state index is 2.56. The number of nitrogens with zero attached hydrogens (tertiary/aromatic N) is 2. The van der Waals surface area contributed by atoms with E-state index in [-0.39, 0.29) is 0 Å². The van der Waals surface area contributed by atoms with Gasteiger partial charge in [0.05, 0.1) is 38.5 Å². The number of fused-ring (bicyclic) bond motifs is 29. The molecular weight excluding hydrogens is 1020 g/mol. The van der Waals surface area contributed by atoms with Crippen LogP contribution in [0.1, 0.15) is 22.3 Å². The van der Waals surface area contributed by atoms with E-state index in [4.69, 9.17) is 0 Å². The Morgan fingerprint density at radius 3 is 1.07 bits per heavy atom. The summed E-state index contributed by atoms with van der Waals surface area (Å²) in [5, 5.41) is 20.4. The summed E-state index contributed by atoms with van der Waals surface area (Å²) < 4.78 is 5.13. The number of benzene rings is 15. The van der Waals surface area contributed by atoms with Crippen molar-refractivity contribution in [1.82, 2.24) is 8.80 Å². The van der Waals surface area contributed by atoms with E-state index in [1.807, 2.05) is 0 Å². The Hall–Kier alpha value is -11.1. The fourth-order valence-corrected chi connectivity index (χ4v) is 17.4. The molecule has 85 heavy (non-hydrogen) atoms. The van der Waals surface area contributed by atoms with Crippen LogP contribution in [0.4, 0.5) is 0 Å². The zero-order valence-electron chi connectivity index (χ0n) is 46.0. The molecule has 0 saturated heterocycles. The maximum Gasteiger partial charge on any atom is 0.0731 e. The summed E-state index contributed by atoms with van der Waals surface area (Å²) in [5.74, 6) is 0. The third-order valence-electron chi connectivity index (χ3n) is 20.4. The van der Waals surface area contributed by atoms with Gasteiger partial charge in [0.25, 0.3) is 0 Å². The highest BCUT2D eigenvalue weighted by Crippen LogP contribution is 2.67. The van der Waals surface area contributed by atoms with Gasteiger partial charge >= 0.3 is 0 Å². The molecule has 15 aromatic carbocycles. The van der Waals surface area contributed by atoms with Crippen molar-refractivity contribution in [3.05, 3.63) is 301 Å². The van der Waals surface area contributed by atoms with Crippen molar-refractivity contribution < 1.29 is 0 Å². The molecule has 0 aliphatic heterocycles. The summed E-state index contributed by atoms with van der Waals surface area (Å²) in [7, 11) is 0. The van der Waals surface area contributed by atoms with Crippen molar-refractivity contribution in [1.29, 1.82) is 0 Å². The minimum atomic E-state index is -0.594. The lowest BCUT2D eigenvalue weighted by atomic mass is 9.69. The number of rotatable bonds is 3. The zero-order valence-corrected chi connectivity index (χ0v) is 46.0. The minimum absolute atomic E-state index is 0.594. The molecule has 0 bridgehead atoms. The molecule has 0 fully saturated rings. The van der Waals surface area contributed by atoms with Gasteiger partial charge in [-0.15, -0.1) is 0 Å². The Balaban J connectivity index is 0.932. The molecule has 0 radical (unpaired) electrons. The van der Waals surface area contributed by atoms with E-state index >= 15 is 0 Å². The van der Waals surface area contributed by atoms with Crippen molar-refractivity contribution in [2.45, 2.75) is 5.41 Å². The molecule has 4 heterocycles. The Bertz CT molecular complexity index is 5980. The molecule has 0 saturated carbocycles. The minimum Gasteiger partial charge on any atom is -0.307 e. The maximum absolute atomic E-state index is 2.56. The lowest BCUT2D eigenvalue weighted by Crippen LogP contribution is -2.26. The summed E-state index contributed by atoms with van der Waals surface area (Å²) in [5.41, 5.74) is 25.0. The van der Waals surface area contributed by atoms with Crippen LogP contribution in [0.25, 0.3) is 175 Å². The first-order valence-electron chi connectivity index (χ1n) is 29.8. The van der Waals surface area contributed by atoms with Gasteiger partial charge in [0.15, 0.2) is 0 Å². The fourth-order valence-electron chi connectivity index (χ4n) is 17.4. The molecule has 21 rings (SSSR count). The Morgan fingerprint density at radius 2 is 0.518 bits per heavy atom. The first-order chi connectivity index (χ1) is 42.3. The molecule has 2 aliphatic rings. The fraction of sp³-hybridized carbons (Fsp3) is 0.0120. The molecule has 2 heteroatoms. The summed E-state index contributed by atoms with van der Waals surface area (Å²) in [4.78, 5) is 0. The number of hydrogen-bond acceptors (Lipinski definition) is 0. The van der Waals surface area contributed by atoms with Gasteiger partial charge in [-0.1, -0.05) is 261 Å². The summed E-state index contributed by atoms with van der Waals surface area (Å²) in [6, 6.07) is 107. The molecule has 388 valence electrons. The van der Waals surface area contributed by atoms with Crippen LogP contribution in [-0.4, -0.2) is 8.80 Å². The number of hydrogen-bond donors (Lipinski definition) is 0. The third kappa shape index (κ3) is 5.23. The van der Waals surface area contributed by atoms with Crippen LogP contribution in [0.3, 0.4) is 0 Å². The predicted octanol–water partition coefficient (Wildman–Crippen LogP) is 21.9. The highest BCUT2D eigenvalue weighted by atomic mass is 14.9. The van der Waals surface area contributed by atoms with Crippen LogP contribution in [0.15, 0.2) is 279 Å². The summed E-state index contributed by atoms with van der Waals surface area (Å²) in [6.07, 6.45) is 0. The van der Waals surface area contributed by atoms with E-state index in [9.17, 15) is 0 Å². The van der Waals surface area contributed by atoms with Gasteiger partial charge in [-0.2, -0.15) is 0 Å². The van der Waals surface area contributed by atoms with Gasteiger partial charge in [-0.05, 0) is 128 Å². The van der Waals surface area contributed by atoms with Crippen molar-refractivity contribution in [3.8, 4) is 55.6 Å². The van der Waals surface area contributed by atoms with Crippen LogP contribution >= 0.6 is 0 Å². The second-order valence-corrected chi connectivity index (χ2v) is 24.0. The van der Waals surface area contributed by atoms with Gasteiger partial charge in [0.1, 0.15) is 0 Å². The Morgan fingerprint density at radius 1 is 0.188 bits per heavy atom. The molecule has 19 aromatic rings. The molecule has 2 nitrogen and oxygen atoms in total. The van der Waals surface area contributed by atoms with E-state index in [1.165, 1.54) is 197 Å². The van der Waals surface area contributed by atoms with E-state index in [0.717, 1.165) is 0 Å². The van der Waals surface area contributed by atoms with E-state index in [2.05, 4.69) is 288 Å². The first-order valence-corrected chi connectivity index (χ1v) is 29.8. The monoisotopic (exact) mass is 1070 g/mol. The molecule has 1 unspecified atom stereocenters. The zero-order chi connectivity index (χ0) is 55.0. The first kappa shape index (κ1) is 44.6. The average molecular weight is 1070 g/mol. The lowest BCUT2D eigenvalue weighted by Gasteiger charge is -2.32. The SMILES string of the molecule is c1ccc2c(c1)-c1c(-c3c4cccc(-c5cccc6c7cccc8c9ccccc9n(c56)c87)c4cc4c(-c5cccc6c7cccc8c9ccccc9n(c56)c87)cccc34)cccc1C21c2ccccc2-c2c1c1ccccc1c1ccccc21. The molecule has 1 spiro atoms. The topological polar surface area (TPSA) is 8.82 Å². The average Bonchev–Trinajstić information content (AvgIpc) is 1.61. The molecule has 4 aromatic heterocycles. The van der Waals surface area contributed by atoms with Crippen molar-refractivity contribution in [2.75, 3.05) is 0 Å². The smallest absolute Gasteiger partial charge is 0.0731 e. The highest BCUT2D eigenvalue weighted by Gasteiger charge is 2.53. The largest absolute Gasteiger partial charge is 0.307 e. The molecule has 0 N–H and O–H groups in total. The van der Waals surface area contributed by atoms with Gasteiger partial charge in [0, 0.05) is 54.2 Å². The van der Waals surface area contributed by atoms with Gasteiger partial charge < -0.3 is 8.80 Å². The molecular formula is C83H46N2. The van der Waals surface area contributed by atoms with Gasteiger partial charge in [-0.3, -0.25) is 0 Å². The quantitative estimate of drug-likeness (QED) is 0.123. The summed E-state index contributed by atoms with van der Waals surface area (Å²) >= 11 is 0. The predicted molar refractivity (Wildman–Crippen MR) is 358 cm³/mol. The molecule has 2 aliphatic carbocycles. The van der Waals surface area contributed by atoms with Crippen molar-refractivity contribution in [3.63, 3.8) is 0 Å².